The lowest BCUT2D eigenvalue weighted by Gasteiger charge is -2.12. The fourth-order valence-electron chi connectivity index (χ4n) is 2.29. The lowest BCUT2D eigenvalue weighted by molar-refractivity contribution is -0.111. The van der Waals surface area contributed by atoms with Gasteiger partial charge in [0.1, 0.15) is 5.75 Å². The first kappa shape index (κ1) is 17.8. The van der Waals surface area contributed by atoms with Gasteiger partial charge in [-0.2, -0.15) is 5.10 Å². The Kier molecular flexibility index (Phi) is 5.39. The highest BCUT2D eigenvalue weighted by Gasteiger charge is 2.09. The molecule has 26 heavy (non-hydrogen) atoms. The number of amides is 1. The van der Waals surface area contributed by atoms with E-state index in [0.717, 1.165) is 11.1 Å². The average molecular weight is 368 g/mol. The van der Waals surface area contributed by atoms with Gasteiger partial charge in [0.25, 0.3) is 0 Å². The number of carbonyl (C=O) groups is 1. The number of rotatable bonds is 5. The molecular formula is C20H18ClN3O2. The van der Waals surface area contributed by atoms with Gasteiger partial charge < -0.3 is 10.1 Å². The molecule has 0 spiro atoms. The van der Waals surface area contributed by atoms with E-state index in [1.165, 1.54) is 6.08 Å². The number of hydrogen-bond acceptors (Lipinski definition) is 3. The van der Waals surface area contributed by atoms with Crippen LogP contribution in [-0.4, -0.2) is 15.7 Å². The quantitative estimate of drug-likeness (QED) is 0.657. The van der Waals surface area contributed by atoms with Crippen molar-refractivity contribution in [2.75, 3.05) is 5.32 Å². The molecule has 1 N–H and O–H groups in total. The normalized spacial score (nSPS) is 10.9. The van der Waals surface area contributed by atoms with Gasteiger partial charge in [-0.3, -0.25) is 9.48 Å². The Bertz CT molecular complexity index is 946. The van der Waals surface area contributed by atoms with Crippen LogP contribution in [0.25, 0.3) is 6.08 Å². The SMILES string of the molecule is Cc1ccc(Oc2ccc(Cl)cc2NC(=O)C=Cc2cnn(C)c2)cc1. The van der Waals surface area contributed by atoms with Crippen LogP contribution in [-0.2, 0) is 11.8 Å². The van der Waals surface area contributed by atoms with Gasteiger partial charge in [0.15, 0.2) is 5.75 Å². The molecule has 1 aromatic heterocycles. The average Bonchev–Trinajstić information content (AvgIpc) is 3.03. The maximum atomic E-state index is 12.2. The van der Waals surface area contributed by atoms with E-state index in [-0.39, 0.29) is 5.91 Å². The van der Waals surface area contributed by atoms with Crippen molar-refractivity contribution in [3.63, 3.8) is 0 Å². The third kappa shape index (κ3) is 4.74. The number of nitrogens with one attached hydrogen (secondary N) is 1. The molecule has 0 aliphatic heterocycles. The summed E-state index contributed by atoms with van der Waals surface area (Å²) in [4.78, 5) is 12.2. The molecule has 1 heterocycles. The van der Waals surface area contributed by atoms with Gasteiger partial charge in [0, 0.05) is 29.9 Å². The second-order valence-electron chi connectivity index (χ2n) is 5.83. The monoisotopic (exact) mass is 367 g/mol. The van der Waals surface area contributed by atoms with E-state index in [4.69, 9.17) is 16.3 Å². The van der Waals surface area contributed by atoms with Crippen molar-refractivity contribution in [3.05, 3.63) is 77.1 Å². The molecule has 0 aliphatic rings. The number of hydrogen-bond donors (Lipinski definition) is 1. The van der Waals surface area contributed by atoms with Crippen LogP contribution in [0.1, 0.15) is 11.1 Å². The van der Waals surface area contributed by atoms with Crippen molar-refractivity contribution in [3.8, 4) is 11.5 Å². The minimum atomic E-state index is -0.287. The maximum Gasteiger partial charge on any atom is 0.248 e. The summed E-state index contributed by atoms with van der Waals surface area (Å²) >= 11 is 6.06. The first-order valence-electron chi connectivity index (χ1n) is 8.01. The molecule has 0 aliphatic carbocycles. The van der Waals surface area contributed by atoms with E-state index in [9.17, 15) is 4.79 Å². The summed E-state index contributed by atoms with van der Waals surface area (Å²) in [6.07, 6.45) is 6.62. The Balaban J connectivity index is 1.75. The summed E-state index contributed by atoms with van der Waals surface area (Å²) in [6.45, 7) is 2.01. The van der Waals surface area contributed by atoms with Gasteiger partial charge in [-0.25, -0.2) is 0 Å². The highest BCUT2D eigenvalue weighted by molar-refractivity contribution is 6.31. The topological polar surface area (TPSA) is 56.1 Å². The molecule has 132 valence electrons. The zero-order valence-electron chi connectivity index (χ0n) is 14.4. The van der Waals surface area contributed by atoms with E-state index < -0.39 is 0 Å². The van der Waals surface area contributed by atoms with E-state index >= 15 is 0 Å². The standard InChI is InChI=1S/C20H18ClN3O2/c1-14-3-7-17(8-4-14)26-19-9-6-16(21)11-18(19)23-20(25)10-5-15-12-22-24(2)13-15/h3-13H,1-2H3,(H,23,25). The van der Waals surface area contributed by atoms with Gasteiger partial charge in [-0.15, -0.1) is 0 Å². The summed E-state index contributed by atoms with van der Waals surface area (Å²) in [6, 6.07) is 12.8. The van der Waals surface area contributed by atoms with Crippen molar-refractivity contribution >= 4 is 29.3 Å². The summed E-state index contributed by atoms with van der Waals surface area (Å²) in [7, 11) is 1.82. The van der Waals surface area contributed by atoms with Crippen LogP contribution in [0.2, 0.25) is 5.02 Å². The lowest BCUT2D eigenvalue weighted by atomic mass is 10.2. The van der Waals surface area contributed by atoms with Gasteiger partial charge in [0.2, 0.25) is 5.91 Å². The second kappa shape index (κ2) is 7.89. The molecule has 5 nitrogen and oxygen atoms in total. The molecule has 0 fully saturated rings. The predicted octanol–water partition coefficient (Wildman–Crippen LogP) is 4.83. The van der Waals surface area contributed by atoms with E-state index in [0.29, 0.717) is 22.2 Å². The van der Waals surface area contributed by atoms with Crippen molar-refractivity contribution in [1.29, 1.82) is 0 Å². The molecule has 6 heteroatoms. The Morgan fingerprint density at radius 2 is 2.00 bits per heavy atom. The van der Waals surface area contributed by atoms with Crippen LogP contribution in [0.4, 0.5) is 5.69 Å². The zero-order chi connectivity index (χ0) is 18.5. The number of ether oxygens (including phenoxy) is 1. The highest BCUT2D eigenvalue weighted by atomic mass is 35.5. The van der Waals surface area contributed by atoms with E-state index in [1.807, 2.05) is 44.4 Å². The Hall–Kier alpha value is -3.05. The smallest absolute Gasteiger partial charge is 0.248 e. The van der Waals surface area contributed by atoms with Crippen molar-refractivity contribution in [2.24, 2.45) is 7.05 Å². The van der Waals surface area contributed by atoms with Crippen molar-refractivity contribution < 1.29 is 9.53 Å². The van der Waals surface area contributed by atoms with Gasteiger partial charge in [0.05, 0.1) is 11.9 Å². The molecule has 3 aromatic rings. The number of carbonyl (C=O) groups excluding carboxylic acids is 1. The molecule has 3 rings (SSSR count). The van der Waals surface area contributed by atoms with Crippen LogP contribution in [0.5, 0.6) is 11.5 Å². The molecule has 0 saturated carbocycles. The number of nitrogens with zero attached hydrogens (tertiary/aromatic N) is 2. The zero-order valence-corrected chi connectivity index (χ0v) is 15.2. The largest absolute Gasteiger partial charge is 0.455 e. The third-order valence-electron chi connectivity index (χ3n) is 3.60. The molecule has 0 atom stereocenters. The number of halogens is 1. The Morgan fingerprint density at radius 1 is 1.23 bits per heavy atom. The van der Waals surface area contributed by atoms with Crippen LogP contribution >= 0.6 is 11.6 Å². The van der Waals surface area contributed by atoms with Crippen LogP contribution < -0.4 is 10.1 Å². The fourth-order valence-corrected chi connectivity index (χ4v) is 2.47. The van der Waals surface area contributed by atoms with Crippen LogP contribution in [0, 0.1) is 6.92 Å². The molecular weight excluding hydrogens is 350 g/mol. The molecule has 2 aromatic carbocycles. The molecule has 0 unspecified atom stereocenters. The predicted molar refractivity (Wildman–Crippen MR) is 104 cm³/mol. The number of anilines is 1. The number of aromatic nitrogens is 2. The fraction of sp³-hybridized carbons (Fsp3) is 0.100. The van der Waals surface area contributed by atoms with Gasteiger partial charge in [-0.05, 0) is 43.3 Å². The first-order chi connectivity index (χ1) is 12.5. The Labute approximate surface area is 156 Å². The molecule has 0 saturated heterocycles. The van der Waals surface area contributed by atoms with E-state index in [1.54, 1.807) is 35.2 Å². The highest BCUT2D eigenvalue weighted by Crippen LogP contribution is 2.32. The maximum absolute atomic E-state index is 12.2. The Morgan fingerprint density at radius 3 is 2.69 bits per heavy atom. The lowest BCUT2D eigenvalue weighted by Crippen LogP contribution is -2.08. The van der Waals surface area contributed by atoms with Crippen LogP contribution in [0.3, 0.4) is 0 Å². The van der Waals surface area contributed by atoms with Crippen molar-refractivity contribution in [1.82, 2.24) is 9.78 Å². The summed E-state index contributed by atoms with van der Waals surface area (Å²) < 4.78 is 7.54. The van der Waals surface area contributed by atoms with E-state index in [2.05, 4.69) is 10.4 Å². The summed E-state index contributed by atoms with van der Waals surface area (Å²) in [5, 5.41) is 7.36. The summed E-state index contributed by atoms with van der Waals surface area (Å²) in [5.74, 6) is 0.908. The number of aryl methyl sites for hydroxylation is 2. The molecule has 0 bridgehead atoms. The minimum Gasteiger partial charge on any atom is -0.455 e. The second-order valence-corrected chi connectivity index (χ2v) is 6.26. The molecule has 1 amide bonds. The number of benzene rings is 2. The third-order valence-corrected chi connectivity index (χ3v) is 3.84. The summed E-state index contributed by atoms with van der Waals surface area (Å²) in [5.41, 5.74) is 2.48. The van der Waals surface area contributed by atoms with Gasteiger partial charge in [-0.1, -0.05) is 29.3 Å². The minimum absolute atomic E-state index is 0.287. The van der Waals surface area contributed by atoms with Crippen molar-refractivity contribution in [2.45, 2.75) is 6.92 Å². The van der Waals surface area contributed by atoms with Gasteiger partial charge >= 0.3 is 0 Å². The molecule has 0 radical (unpaired) electrons. The first-order valence-corrected chi connectivity index (χ1v) is 8.39. The van der Waals surface area contributed by atoms with Crippen LogP contribution in [0.15, 0.2) is 60.9 Å².